The van der Waals surface area contributed by atoms with Crippen molar-refractivity contribution in [2.24, 2.45) is 16.7 Å². The predicted octanol–water partition coefficient (Wildman–Crippen LogP) is 5.53. The number of halogens is 2. The molecule has 3 unspecified atom stereocenters. The summed E-state index contributed by atoms with van der Waals surface area (Å²) < 4.78 is 5.71. The zero-order chi connectivity index (χ0) is 20.5. The molecule has 1 heterocycles. The first-order chi connectivity index (χ1) is 13.2. The number of para-hydroxylation sites is 1. The molecular weight excluding hydrogens is 399 g/mol. The van der Waals surface area contributed by atoms with E-state index in [1.807, 2.05) is 18.2 Å². The van der Waals surface area contributed by atoms with Crippen LogP contribution in [0.3, 0.4) is 0 Å². The molecule has 1 aliphatic rings. The third-order valence-electron chi connectivity index (χ3n) is 5.49. The minimum absolute atomic E-state index is 0.0213. The van der Waals surface area contributed by atoms with Crippen molar-refractivity contribution in [3.8, 4) is 17.7 Å². The summed E-state index contributed by atoms with van der Waals surface area (Å²) in [5.41, 5.74) is -1.80. The van der Waals surface area contributed by atoms with Gasteiger partial charge in [-0.25, -0.2) is 4.98 Å². The lowest BCUT2D eigenvalue weighted by Gasteiger charge is -2.21. The molecule has 0 aliphatic heterocycles. The Balaban J connectivity index is 2.01. The molecule has 0 amide bonds. The molecule has 0 saturated heterocycles. The second-order valence-corrected chi connectivity index (χ2v) is 8.22. The first-order valence-electron chi connectivity index (χ1n) is 8.60. The number of hydrogen-bond donors (Lipinski definition) is 1. The average Bonchev–Trinajstić information content (AvgIpc) is 3.12. The molecule has 0 bridgehead atoms. The number of carboxylic acids is 1. The largest absolute Gasteiger partial charge is 0.481 e. The molecular formula is C21H18Cl2N2O3. The van der Waals surface area contributed by atoms with Crippen molar-refractivity contribution < 1.29 is 14.6 Å². The number of benzene rings is 1. The quantitative estimate of drug-likeness (QED) is 0.669. The first-order valence-corrected chi connectivity index (χ1v) is 9.36. The van der Waals surface area contributed by atoms with E-state index in [-0.39, 0.29) is 10.4 Å². The van der Waals surface area contributed by atoms with E-state index >= 15 is 0 Å². The van der Waals surface area contributed by atoms with E-state index in [0.717, 1.165) is 0 Å². The maximum atomic E-state index is 12.3. The van der Waals surface area contributed by atoms with Crippen LogP contribution in [0.15, 0.2) is 59.1 Å². The lowest BCUT2D eigenvalue weighted by atomic mass is 9.80. The summed E-state index contributed by atoms with van der Waals surface area (Å²) in [6.45, 7) is 3.57. The normalized spacial score (nSPS) is 23.2. The Morgan fingerprint density at radius 3 is 2.50 bits per heavy atom. The molecule has 7 heteroatoms. The van der Waals surface area contributed by atoms with Crippen molar-refractivity contribution in [1.82, 2.24) is 4.98 Å². The fourth-order valence-corrected chi connectivity index (χ4v) is 4.30. The van der Waals surface area contributed by atoms with Crippen molar-refractivity contribution in [3.05, 3.63) is 64.8 Å². The predicted molar refractivity (Wildman–Crippen MR) is 106 cm³/mol. The van der Waals surface area contributed by atoms with Gasteiger partial charge in [0.05, 0.1) is 11.8 Å². The van der Waals surface area contributed by atoms with E-state index in [1.54, 1.807) is 44.2 Å². The van der Waals surface area contributed by atoms with Crippen LogP contribution in [-0.4, -0.2) is 16.1 Å². The lowest BCUT2D eigenvalue weighted by Crippen LogP contribution is -2.29. The SMILES string of the molecule is CC1(C)C(C=C(Cl)Cl)C1(C(=O)O)C(C#N)c1cccc(Oc2ccccc2)n1. The van der Waals surface area contributed by atoms with Gasteiger partial charge >= 0.3 is 5.97 Å². The Bertz CT molecular complexity index is 965. The van der Waals surface area contributed by atoms with E-state index in [9.17, 15) is 15.2 Å². The van der Waals surface area contributed by atoms with Gasteiger partial charge < -0.3 is 9.84 Å². The molecule has 1 fully saturated rings. The van der Waals surface area contributed by atoms with Crippen LogP contribution >= 0.6 is 23.2 Å². The molecule has 1 aromatic carbocycles. The minimum Gasteiger partial charge on any atom is -0.481 e. The van der Waals surface area contributed by atoms with Crippen molar-refractivity contribution in [2.75, 3.05) is 0 Å². The maximum Gasteiger partial charge on any atom is 0.312 e. The Kier molecular flexibility index (Phi) is 5.38. The number of rotatable bonds is 6. The fourth-order valence-electron chi connectivity index (χ4n) is 4.05. The second kappa shape index (κ2) is 7.46. The molecule has 1 N–H and O–H groups in total. The van der Waals surface area contributed by atoms with Crippen LogP contribution in [0.25, 0.3) is 0 Å². The molecule has 1 aliphatic carbocycles. The summed E-state index contributed by atoms with van der Waals surface area (Å²) in [5, 5.41) is 20.0. The lowest BCUT2D eigenvalue weighted by molar-refractivity contribution is -0.145. The summed E-state index contributed by atoms with van der Waals surface area (Å²) in [6, 6.07) is 16.2. The van der Waals surface area contributed by atoms with Gasteiger partial charge in [-0.2, -0.15) is 5.26 Å². The number of nitriles is 1. The summed E-state index contributed by atoms with van der Waals surface area (Å²) in [7, 11) is 0. The van der Waals surface area contributed by atoms with Gasteiger partial charge in [0.15, 0.2) is 0 Å². The highest BCUT2D eigenvalue weighted by atomic mass is 35.5. The molecule has 3 atom stereocenters. The van der Waals surface area contributed by atoms with Crippen LogP contribution in [0.1, 0.15) is 25.5 Å². The highest BCUT2D eigenvalue weighted by Crippen LogP contribution is 2.75. The average molecular weight is 417 g/mol. The molecule has 0 spiro atoms. The number of ether oxygens (including phenoxy) is 1. The number of aliphatic carboxylic acids is 1. The van der Waals surface area contributed by atoms with Crippen LogP contribution in [0, 0.1) is 28.1 Å². The second-order valence-electron chi connectivity index (χ2n) is 7.21. The van der Waals surface area contributed by atoms with Crippen LogP contribution in [0.4, 0.5) is 0 Å². The molecule has 1 aromatic heterocycles. The van der Waals surface area contributed by atoms with E-state index in [2.05, 4.69) is 11.1 Å². The molecule has 3 rings (SSSR count). The number of carboxylic acid groups (broad SMARTS) is 1. The minimum atomic E-state index is -1.39. The number of aromatic nitrogens is 1. The van der Waals surface area contributed by atoms with Crippen LogP contribution in [-0.2, 0) is 4.79 Å². The van der Waals surface area contributed by atoms with Gasteiger partial charge in [0.2, 0.25) is 5.88 Å². The smallest absolute Gasteiger partial charge is 0.312 e. The molecule has 144 valence electrons. The van der Waals surface area contributed by atoms with Gasteiger partial charge in [0.25, 0.3) is 0 Å². The van der Waals surface area contributed by atoms with Crippen LogP contribution in [0.2, 0.25) is 0 Å². The van der Waals surface area contributed by atoms with E-state index in [4.69, 9.17) is 27.9 Å². The molecule has 1 saturated carbocycles. The highest BCUT2D eigenvalue weighted by Gasteiger charge is 2.79. The standard InChI is InChI=1S/C21H18Cl2N2O3/c1-20(2)16(11-17(22)23)21(20,19(26)27)14(12-24)15-9-6-10-18(25-15)28-13-7-4-3-5-8-13/h3-11,14,16H,1-2H3,(H,26,27). The molecule has 0 radical (unpaired) electrons. The third kappa shape index (κ3) is 3.23. The number of nitrogens with zero attached hydrogens (tertiary/aromatic N) is 2. The van der Waals surface area contributed by atoms with Gasteiger partial charge in [-0.05, 0) is 29.7 Å². The third-order valence-corrected chi connectivity index (χ3v) is 5.74. The zero-order valence-corrected chi connectivity index (χ0v) is 16.8. The van der Waals surface area contributed by atoms with Gasteiger partial charge in [0.1, 0.15) is 21.6 Å². The summed E-state index contributed by atoms with van der Waals surface area (Å²) >= 11 is 11.6. The number of hydrogen-bond acceptors (Lipinski definition) is 4. The van der Waals surface area contributed by atoms with E-state index in [1.165, 1.54) is 6.08 Å². The monoisotopic (exact) mass is 416 g/mol. The van der Waals surface area contributed by atoms with E-state index < -0.39 is 28.6 Å². The number of carbonyl (C=O) groups is 1. The van der Waals surface area contributed by atoms with Gasteiger partial charge in [0, 0.05) is 12.0 Å². The van der Waals surface area contributed by atoms with Gasteiger partial charge in [-0.1, -0.05) is 61.3 Å². The summed E-state index contributed by atoms with van der Waals surface area (Å²) in [4.78, 5) is 16.7. The zero-order valence-electron chi connectivity index (χ0n) is 15.3. The van der Waals surface area contributed by atoms with Crippen LogP contribution < -0.4 is 4.74 Å². The fraction of sp³-hybridized carbons (Fsp3) is 0.286. The first kappa shape index (κ1) is 20.2. The topological polar surface area (TPSA) is 83.2 Å². The van der Waals surface area contributed by atoms with Gasteiger partial charge in [-0.3, -0.25) is 4.79 Å². The van der Waals surface area contributed by atoms with Crippen molar-refractivity contribution in [2.45, 2.75) is 19.8 Å². The Labute approximate surface area is 173 Å². The van der Waals surface area contributed by atoms with Crippen LogP contribution in [0.5, 0.6) is 11.6 Å². The number of allylic oxidation sites excluding steroid dienone is 1. The van der Waals surface area contributed by atoms with E-state index in [0.29, 0.717) is 11.4 Å². The number of pyridine rings is 1. The Hall–Kier alpha value is -2.55. The maximum absolute atomic E-state index is 12.3. The molecule has 28 heavy (non-hydrogen) atoms. The summed E-state index contributed by atoms with van der Waals surface area (Å²) in [6.07, 6.45) is 1.49. The van der Waals surface area contributed by atoms with Crippen molar-refractivity contribution in [3.63, 3.8) is 0 Å². The molecule has 5 nitrogen and oxygen atoms in total. The molecule has 2 aromatic rings. The highest BCUT2D eigenvalue weighted by molar-refractivity contribution is 6.55. The van der Waals surface area contributed by atoms with Gasteiger partial charge in [-0.15, -0.1) is 0 Å². The Morgan fingerprint density at radius 2 is 1.93 bits per heavy atom. The summed E-state index contributed by atoms with van der Waals surface area (Å²) in [5.74, 6) is -1.72. The van der Waals surface area contributed by atoms with Crippen molar-refractivity contribution >= 4 is 29.2 Å². The van der Waals surface area contributed by atoms with Crippen molar-refractivity contribution in [1.29, 1.82) is 5.26 Å². The Morgan fingerprint density at radius 1 is 1.25 bits per heavy atom.